The Kier molecular flexibility index (Phi) is 5.20. The number of halogens is 1. The topological polar surface area (TPSA) is 61.7 Å². The van der Waals surface area contributed by atoms with Crippen LogP contribution in [-0.4, -0.2) is 29.5 Å². The largest absolute Gasteiger partial charge is 0.456 e. The Bertz CT molecular complexity index is 838. The number of anilines is 1. The van der Waals surface area contributed by atoms with Gasteiger partial charge in [0.1, 0.15) is 11.5 Å². The van der Waals surface area contributed by atoms with Crippen LogP contribution in [0.15, 0.2) is 60.7 Å². The number of rotatable bonds is 6. The molecule has 0 aliphatic heterocycles. The second-order valence-corrected chi connectivity index (χ2v) is 5.88. The normalized spacial score (nSPS) is 12.1. The van der Waals surface area contributed by atoms with E-state index in [1.165, 1.54) is 0 Å². The van der Waals surface area contributed by atoms with Crippen molar-refractivity contribution in [3.63, 3.8) is 0 Å². The molecule has 0 aliphatic rings. The minimum atomic E-state index is -0.808. The summed E-state index contributed by atoms with van der Waals surface area (Å²) in [7, 11) is 0. The summed E-state index contributed by atoms with van der Waals surface area (Å²) >= 11 is 6.27. The molecule has 1 atom stereocenters. The molecular formula is C19H18ClNO3. The number of fused-ring (bicyclic) bond motifs is 1. The van der Waals surface area contributed by atoms with Gasteiger partial charge in [-0.2, -0.15) is 0 Å². The summed E-state index contributed by atoms with van der Waals surface area (Å²) in [4.78, 5) is 0. The lowest BCUT2D eigenvalue weighted by atomic mass is 10.1. The summed E-state index contributed by atoms with van der Waals surface area (Å²) in [5.41, 5.74) is 0.748. The predicted octanol–water partition coefficient (Wildman–Crippen LogP) is 4.05. The Hall–Kier alpha value is -2.27. The lowest BCUT2D eigenvalue weighted by molar-refractivity contribution is 0.105. The molecule has 1 unspecified atom stereocenters. The average molecular weight is 344 g/mol. The number of aliphatic hydroxyl groups excluding tert-OH is 2. The average Bonchev–Trinajstić information content (AvgIpc) is 2.61. The van der Waals surface area contributed by atoms with Gasteiger partial charge in [0.05, 0.1) is 17.7 Å². The molecule has 5 heteroatoms. The second-order valence-electron chi connectivity index (χ2n) is 5.47. The van der Waals surface area contributed by atoms with Gasteiger partial charge in [-0.1, -0.05) is 41.9 Å². The molecule has 0 amide bonds. The van der Waals surface area contributed by atoms with Gasteiger partial charge in [0.15, 0.2) is 0 Å². The second kappa shape index (κ2) is 7.53. The van der Waals surface area contributed by atoms with Crippen LogP contribution < -0.4 is 10.1 Å². The van der Waals surface area contributed by atoms with Crippen molar-refractivity contribution in [1.29, 1.82) is 0 Å². The van der Waals surface area contributed by atoms with Crippen LogP contribution in [0.3, 0.4) is 0 Å². The van der Waals surface area contributed by atoms with Crippen molar-refractivity contribution in [3.05, 3.63) is 65.7 Å². The van der Waals surface area contributed by atoms with Gasteiger partial charge in [-0.05, 0) is 41.1 Å². The first-order valence-electron chi connectivity index (χ1n) is 7.65. The minimum Gasteiger partial charge on any atom is -0.456 e. The highest BCUT2D eigenvalue weighted by Crippen LogP contribution is 2.32. The van der Waals surface area contributed by atoms with E-state index >= 15 is 0 Å². The SMILES string of the molecule is OCC(O)CNc1ccc(Oc2ccc3ccccc3c2)c(Cl)c1. The fourth-order valence-electron chi connectivity index (χ4n) is 2.35. The first-order chi connectivity index (χ1) is 11.7. The van der Waals surface area contributed by atoms with E-state index in [9.17, 15) is 5.11 Å². The molecule has 0 radical (unpaired) electrons. The van der Waals surface area contributed by atoms with Crippen molar-refractivity contribution >= 4 is 28.1 Å². The zero-order chi connectivity index (χ0) is 16.9. The monoisotopic (exact) mass is 343 g/mol. The van der Waals surface area contributed by atoms with Gasteiger partial charge in [-0.25, -0.2) is 0 Å². The van der Waals surface area contributed by atoms with Crippen molar-refractivity contribution in [1.82, 2.24) is 0 Å². The highest BCUT2D eigenvalue weighted by Gasteiger charge is 2.07. The third-order valence-corrected chi connectivity index (χ3v) is 3.93. The van der Waals surface area contributed by atoms with Crippen LogP contribution >= 0.6 is 11.6 Å². The molecule has 0 saturated carbocycles. The lowest BCUT2D eigenvalue weighted by Gasteiger charge is -2.13. The molecule has 0 spiro atoms. The van der Waals surface area contributed by atoms with Crippen molar-refractivity contribution in [2.24, 2.45) is 0 Å². The number of benzene rings is 3. The Morgan fingerprint density at radius 3 is 2.54 bits per heavy atom. The van der Waals surface area contributed by atoms with E-state index in [1.807, 2.05) is 48.5 Å². The van der Waals surface area contributed by atoms with Gasteiger partial charge in [0, 0.05) is 12.2 Å². The molecule has 124 valence electrons. The van der Waals surface area contributed by atoms with Crippen LogP contribution in [0.25, 0.3) is 10.8 Å². The summed E-state index contributed by atoms with van der Waals surface area (Å²) in [6.45, 7) is -0.0401. The Labute approximate surface area is 145 Å². The molecular weight excluding hydrogens is 326 g/mol. The van der Waals surface area contributed by atoms with Gasteiger partial charge < -0.3 is 20.3 Å². The van der Waals surface area contributed by atoms with E-state index < -0.39 is 6.10 Å². The van der Waals surface area contributed by atoms with Crippen molar-refractivity contribution in [3.8, 4) is 11.5 Å². The van der Waals surface area contributed by atoms with Crippen molar-refractivity contribution < 1.29 is 14.9 Å². The van der Waals surface area contributed by atoms with E-state index in [4.69, 9.17) is 21.4 Å². The van der Waals surface area contributed by atoms with Crippen LogP contribution in [-0.2, 0) is 0 Å². The van der Waals surface area contributed by atoms with Gasteiger partial charge >= 0.3 is 0 Å². The fourth-order valence-corrected chi connectivity index (χ4v) is 2.57. The molecule has 3 aromatic rings. The van der Waals surface area contributed by atoms with E-state index in [0.29, 0.717) is 16.5 Å². The third-order valence-electron chi connectivity index (χ3n) is 3.63. The molecule has 3 N–H and O–H groups in total. The Morgan fingerprint density at radius 1 is 1.00 bits per heavy atom. The Morgan fingerprint density at radius 2 is 1.79 bits per heavy atom. The number of hydrogen-bond donors (Lipinski definition) is 3. The highest BCUT2D eigenvalue weighted by atomic mass is 35.5. The van der Waals surface area contributed by atoms with Crippen molar-refractivity contribution in [2.75, 3.05) is 18.5 Å². The van der Waals surface area contributed by atoms with Crippen molar-refractivity contribution in [2.45, 2.75) is 6.10 Å². The van der Waals surface area contributed by atoms with Gasteiger partial charge in [-0.3, -0.25) is 0 Å². The van der Waals surface area contributed by atoms with E-state index in [1.54, 1.807) is 12.1 Å². The molecule has 3 aromatic carbocycles. The summed E-state index contributed by atoms with van der Waals surface area (Å²) in [6, 6.07) is 19.2. The molecule has 0 saturated heterocycles. The molecule has 3 rings (SSSR count). The van der Waals surface area contributed by atoms with Gasteiger partial charge in [0.2, 0.25) is 0 Å². The minimum absolute atomic E-state index is 0.248. The summed E-state index contributed by atoms with van der Waals surface area (Å²) in [5, 5.41) is 23.9. The molecule has 0 bridgehead atoms. The number of nitrogens with one attached hydrogen (secondary N) is 1. The zero-order valence-corrected chi connectivity index (χ0v) is 13.7. The number of hydrogen-bond acceptors (Lipinski definition) is 4. The number of ether oxygens (including phenoxy) is 1. The molecule has 0 fully saturated rings. The maximum Gasteiger partial charge on any atom is 0.146 e. The van der Waals surface area contributed by atoms with Crippen LogP contribution in [0, 0.1) is 0 Å². The van der Waals surface area contributed by atoms with E-state index in [0.717, 1.165) is 16.5 Å². The maximum atomic E-state index is 9.35. The summed E-state index contributed by atoms with van der Waals surface area (Å²) in [5.74, 6) is 1.27. The first-order valence-corrected chi connectivity index (χ1v) is 8.02. The van der Waals surface area contributed by atoms with E-state index in [2.05, 4.69) is 5.32 Å². The summed E-state index contributed by atoms with van der Waals surface area (Å²) in [6.07, 6.45) is -0.808. The lowest BCUT2D eigenvalue weighted by Crippen LogP contribution is -2.22. The molecule has 0 aliphatic carbocycles. The quantitative estimate of drug-likeness (QED) is 0.632. The fraction of sp³-hybridized carbons (Fsp3) is 0.158. The van der Waals surface area contributed by atoms with Crippen LogP contribution in [0.4, 0.5) is 5.69 Å². The van der Waals surface area contributed by atoms with E-state index in [-0.39, 0.29) is 13.2 Å². The molecule has 0 heterocycles. The van der Waals surface area contributed by atoms with Crippen LogP contribution in [0.1, 0.15) is 0 Å². The maximum absolute atomic E-state index is 9.35. The first kappa shape index (κ1) is 16.6. The molecule has 4 nitrogen and oxygen atoms in total. The standard InChI is InChI=1S/C19H18ClNO3/c20-18-10-15(21-11-16(23)12-22)6-8-19(18)24-17-7-5-13-3-1-2-4-14(13)9-17/h1-10,16,21-23H,11-12H2. The van der Waals surface area contributed by atoms with Crippen LogP contribution in [0.5, 0.6) is 11.5 Å². The number of aliphatic hydroxyl groups is 2. The van der Waals surface area contributed by atoms with Gasteiger partial charge in [-0.15, -0.1) is 0 Å². The highest BCUT2D eigenvalue weighted by molar-refractivity contribution is 6.32. The summed E-state index contributed by atoms with van der Waals surface area (Å²) < 4.78 is 5.87. The molecule has 0 aromatic heterocycles. The Balaban J connectivity index is 1.74. The third kappa shape index (κ3) is 3.97. The predicted molar refractivity (Wildman–Crippen MR) is 97.1 cm³/mol. The van der Waals surface area contributed by atoms with Gasteiger partial charge in [0.25, 0.3) is 0 Å². The van der Waals surface area contributed by atoms with Crippen LogP contribution in [0.2, 0.25) is 5.02 Å². The smallest absolute Gasteiger partial charge is 0.146 e. The molecule has 24 heavy (non-hydrogen) atoms. The zero-order valence-electron chi connectivity index (χ0n) is 12.9.